The lowest BCUT2D eigenvalue weighted by Gasteiger charge is -2.36. The number of ether oxygens (including phenoxy) is 1. The number of hydrogen-bond acceptors (Lipinski definition) is 7. The number of likely N-dealkylation sites (tertiary alicyclic amines) is 1. The molecule has 224 valence electrons. The molecule has 9 heteroatoms. The molecule has 2 amide bonds. The number of carbonyl (C=O) groups is 5. The van der Waals surface area contributed by atoms with Crippen molar-refractivity contribution in [2.45, 2.75) is 105 Å². The van der Waals surface area contributed by atoms with Crippen molar-refractivity contribution < 1.29 is 28.7 Å². The van der Waals surface area contributed by atoms with Gasteiger partial charge in [-0.2, -0.15) is 0 Å². The Kier molecular flexibility index (Phi) is 7.71. The number of primary amides is 1. The van der Waals surface area contributed by atoms with E-state index in [1.165, 1.54) is 0 Å². The second-order valence-electron chi connectivity index (χ2n) is 15.4. The molecule has 4 rings (SSSR count). The molecule has 0 bridgehead atoms. The monoisotopic (exact) mass is 559 g/mol. The summed E-state index contributed by atoms with van der Waals surface area (Å²) in [6.07, 6.45) is 3.86. The van der Waals surface area contributed by atoms with Crippen molar-refractivity contribution in [3.05, 3.63) is 0 Å². The molecule has 2 aliphatic carbocycles. The molecule has 9 nitrogen and oxygen atoms in total. The van der Waals surface area contributed by atoms with E-state index in [2.05, 4.69) is 13.8 Å². The largest absolute Gasteiger partial charge is 0.380 e. The van der Waals surface area contributed by atoms with Gasteiger partial charge >= 0.3 is 0 Å². The molecule has 4 atom stereocenters. The van der Waals surface area contributed by atoms with E-state index >= 15 is 0 Å². The fraction of sp³-hybridized carbons (Fsp3) is 0.839. The Labute approximate surface area is 238 Å². The third-order valence-electron chi connectivity index (χ3n) is 11.3. The fourth-order valence-corrected chi connectivity index (χ4v) is 7.83. The first kappa shape index (κ1) is 30.8. The summed E-state index contributed by atoms with van der Waals surface area (Å²) in [5.41, 5.74) is 9.32. The van der Waals surface area contributed by atoms with E-state index in [1.54, 1.807) is 18.7 Å². The minimum absolute atomic E-state index is 0.0155. The SMILES string of the molecule is CC(C)(N)C(=O)C[C@H](C(=O)N1C[C@]2(C[C@H]1C(=O)CC(CC1CCC1)C(=O)C(N)=O)C(C)(C)C21COC1)C(C)(C)C. The summed E-state index contributed by atoms with van der Waals surface area (Å²) in [5.74, 6) is -3.49. The number of rotatable bonds is 11. The average molecular weight is 560 g/mol. The number of hydrogen-bond donors (Lipinski definition) is 2. The maximum absolute atomic E-state index is 14.4. The van der Waals surface area contributed by atoms with Crippen molar-refractivity contribution in [2.24, 2.45) is 50.9 Å². The van der Waals surface area contributed by atoms with Gasteiger partial charge in [0.2, 0.25) is 11.7 Å². The van der Waals surface area contributed by atoms with Crippen LogP contribution >= 0.6 is 0 Å². The normalized spacial score (nSPS) is 28.5. The number of amides is 2. The number of nitrogens with zero attached hydrogens (tertiary/aromatic N) is 1. The first-order valence-corrected chi connectivity index (χ1v) is 14.9. The molecule has 4 aliphatic rings. The Morgan fingerprint density at radius 1 is 0.975 bits per heavy atom. The van der Waals surface area contributed by atoms with Crippen LogP contribution in [-0.4, -0.2) is 65.4 Å². The summed E-state index contributed by atoms with van der Waals surface area (Å²) in [4.78, 5) is 67.8. The van der Waals surface area contributed by atoms with Crippen molar-refractivity contribution in [2.75, 3.05) is 19.8 Å². The van der Waals surface area contributed by atoms with Gasteiger partial charge in [-0.25, -0.2) is 0 Å². The molecule has 4 N–H and O–H groups in total. The molecular formula is C31H49N3O6. The fourth-order valence-electron chi connectivity index (χ4n) is 7.83. The molecule has 0 aromatic rings. The van der Waals surface area contributed by atoms with Crippen molar-refractivity contribution in [1.82, 2.24) is 4.90 Å². The van der Waals surface area contributed by atoms with Gasteiger partial charge in [0.05, 0.1) is 24.8 Å². The van der Waals surface area contributed by atoms with Gasteiger partial charge in [-0.05, 0) is 43.4 Å². The quantitative estimate of drug-likeness (QED) is 0.370. The Morgan fingerprint density at radius 3 is 1.98 bits per heavy atom. The predicted octanol–water partition coefficient (Wildman–Crippen LogP) is 2.81. The van der Waals surface area contributed by atoms with Gasteiger partial charge < -0.3 is 21.1 Å². The van der Waals surface area contributed by atoms with Gasteiger partial charge in [-0.1, -0.05) is 53.9 Å². The number of ketones is 3. The van der Waals surface area contributed by atoms with E-state index in [0.717, 1.165) is 19.3 Å². The molecule has 0 aromatic carbocycles. The molecule has 40 heavy (non-hydrogen) atoms. The highest BCUT2D eigenvalue weighted by atomic mass is 16.5. The van der Waals surface area contributed by atoms with Crippen LogP contribution in [0.3, 0.4) is 0 Å². The molecule has 1 unspecified atom stereocenters. The van der Waals surface area contributed by atoms with Crippen LogP contribution < -0.4 is 11.5 Å². The minimum atomic E-state index is -1.08. The predicted molar refractivity (Wildman–Crippen MR) is 150 cm³/mol. The molecule has 2 saturated heterocycles. The highest BCUT2D eigenvalue weighted by molar-refractivity contribution is 6.36. The maximum atomic E-state index is 14.4. The number of nitrogens with two attached hydrogens (primary N) is 2. The Balaban J connectivity index is 1.65. The van der Waals surface area contributed by atoms with Crippen molar-refractivity contribution in [3.8, 4) is 0 Å². The average Bonchev–Trinajstić information content (AvgIpc) is 3.02. The summed E-state index contributed by atoms with van der Waals surface area (Å²) >= 11 is 0. The van der Waals surface area contributed by atoms with E-state index in [4.69, 9.17) is 16.2 Å². The van der Waals surface area contributed by atoms with Gasteiger partial charge in [0.1, 0.15) is 0 Å². The maximum Gasteiger partial charge on any atom is 0.285 e. The highest BCUT2D eigenvalue weighted by Gasteiger charge is 2.86. The number of fused-ring (bicyclic) bond motifs is 1. The third-order valence-corrected chi connectivity index (χ3v) is 11.3. The molecule has 2 spiro atoms. The zero-order chi connectivity index (χ0) is 30.1. The summed E-state index contributed by atoms with van der Waals surface area (Å²) in [5, 5.41) is 0. The van der Waals surface area contributed by atoms with E-state index < -0.39 is 40.5 Å². The number of Topliss-reactive ketones (excluding diaryl/α,β-unsaturated/α-hetero) is 3. The molecule has 2 aliphatic heterocycles. The topological polar surface area (TPSA) is 150 Å². The minimum Gasteiger partial charge on any atom is -0.380 e. The molecule has 0 radical (unpaired) electrons. The first-order valence-electron chi connectivity index (χ1n) is 14.9. The molecule has 2 heterocycles. The molecule has 4 fully saturated rings. The van der Waals surface area contributed by atoms with Gasteiger partial charge in [0, 0.05) is 42.1 Å². The van der Waals surface area contributed by atoms with E-state index in [0.29, 0.717) is 38.5 Å². The van der Waals surface area contributed by atoms with Crippen molar-refractivity contribution >= 4 is 29.2 Å². The third kappa shape index (κ3) is 4.85. The van der Waals surface area contributed by atoms with Crippen LogP contribution in [0.4, 0.5) is 0 Å². The van der Waals surface area contributed by atoms with Crippen LogP contribution in [0.5, 0.6) is 0 Å². The van der Waals surface area contributed by atoms with E-state index in [1.807, 2.05) is 20.8 Å². The van der Waals surface area contributed by atoms with Crippen LogP contribution in [-0.2, 0) is 28.7 Å². The molecule has 2 saturated carbocycles. The standard InChI is InChI=1S/C31H49N3O6/c1-27(2,3)20(13-23(36)28(4,5)33)26(39)34-15-30(29(6,7)31(30)16-40-17-31)14-21(34)22(35)12-19(24(37)25(32)38)11-18-9-8-10-18/h18-21H,8-17,33H2,1-7H3,(H2,32,38)/t19?,20-,21+,30-/m1/s1. The Hall–Kier alpha value is -2.13. The number of carbonyl (C=O) groups excluding carboxylic acids is 5. The summed E-state index contributed by atoms with van der Waals surface area (Å²) < 4.78 is 5.65. The summed E-state index contributed by atoms with van der Waals surface area (Å²) in [7, 11) is 0. The lowest BCUT2D eigenvalue weighted by molar-refractivity contribution is -0.147. The van der Waals surface area contributed by atoms with Crippen LogP contribution in [0.25, 0.3) is 0 Å². The van der Waals surface area contributed by atoms with E-state index in [-0.39, 0.29) is 46.6 Å². The van der Waals surface area contributed by atoms with E-state index in [9.17, 15) is 24.0 Å². The zero-order valence-electron chi connectivity index (χ0n) is 25.4. The van der Waals surface area contributed by atoms with Crippen LogP contribution in [0.2, 0.25) is 0 Å². The zero-order valence-corrected chi connectivity index (χ0v) is 25.4. The highest BCUT2D eigenvalue weighted by Crippen LogP contribution is 2.84. The lowest BCUT2D eigenvalue weighted by Crippen LogP contribution is -2.50. The van der Waals surface area contributed by atoms with Crippen LogP contribution in [0.15, 0.2) is 0 Å². The molecule has 0 aromatic heterocycles. The van der Waals surface area contributed by atoms with Crippen molar-refractivity contribution in [3.63, 3.8) is 0 Å². The van der Waals surface area contributed by atoms with Gasteiger partial charge in [-0.15, -0.1) is 0 Å². The Morgan fingerprint density at radius 2 is 1.57 bits per heavy atom. The second-order valence-corrected chi connectivity index (χ2v) is 15.4. The first-order chi connectivity index (χ1) is 18.3. The van der Waals surface area contributed by atoms with Crippen LogP contribution in [0, 0.1) is 39.4 Å². The Bertz CT molecular complexity index is 1090. The van der Waals surface area contributed by atoms with Gasteiger partial charge in [-0.3, -0.25) is 24.0 Å². The summed E-state index contributed by atoms with van der Waals surface area (Å²) in [6, 6.07) is -0.734. The van der Waals surface area contributed by atoms with Crippen molar-refractivity contribution in [1.29, 1.82) is 0 Å². The van der Waals surface area contributed by atoms with Gasteiger partial charge in [0.25, 0.3) is 5.91 Å². The second kappa shape index (κ2) is 10.0. The van der Waals surface area contributed by atoms with Gasteiger partial charge in [0.15, 0.2) is 11.6 Å². The summed E-state index contributed by atoms with van der Waals surface area (Å²) in [6.45, 7) is 15.0. The smallest absolute Gasteiger partial charge is 0.285 e. The lowest BCUT2D eigenvalue weighted by atomic mass is 9.74. The molecular weight excluding hydrogens is 510 g/mol. The van der Waals surface area contributed by atoms with Crippen LogP contribution in [0.1, 0.15) is 93.4 Å².